The Labute approximate surface area is 134 Å². The van der Waals surface area contributed by atoms with Gasteiger partial charge >= 0.3 is 12.0 Å². The molecule has 8 nitrogen and oxygen atoms in total. The van der Waals surface area contributed by atoms with E-state index in [1.54, 1.807) is 4.90 Å². The van der Waals surface area contributed by atoms with Gasteiger partial charge in [0.1, 0.15) is 12.1 Å². The van der Waals surface area contributed by atoms with Gasteiger partial charge in [-0.15, -0.1) is 0 Å². The second kappa shape index (κ2) is 6.17. The number of nitrogens with one attached hydrogen (secondary N) is 1. The van der Waals surface area contributed by atoms with E-state index >= 15 is 0 Å². The van der Waals surface area contributed by atoms with E-state index in [2.05, 4.69) is 5.32 Å². The van der Waals surface area contributed by atoms with Gasteiger partial charge in [-0.25, -0.2) is 4.79 Å². The summed E-state index contributed by atoms with van der Waals surface area (Å²) in [5.74, 6) is -1.33. The molecule has 1 aliphatic carbocycles. The van der Waals surface area contributed by atoms with Crippen LogP contribution in [0.2, 0.25) is 0 Å². The van der Waals surface area contributed by atoms with Crippen LogP contribution in [0.25, 0.3) is 0 Å². The predicted molar refractivity (Wildman–Crippen MR) is 78.2 cm³/mol. The summed E-state index contributed by atoms with van der Waals surface area (Å²) >= 11 is 0. The number of amides is 4. The van der Waals surface area contributed by atoms with Gasteiger partial charge in [-0.2, -0.15) is 0 Å². The number of likely N-dealkylation sites (tertiary alicyclic amines) is 1. The van der Waals surface area contributed by atoms with E-state index in [1.807, 2.05) is 0 Å². The highest BCUT2D eigenvalue weighted by Crippen LogP contribution is 2.34. The first-order valence-electron chi connectivity index (χ1n) is 8.09. The lowest BCUT2D eigenvalue weighted by molar-refractivity contribution is -0.153. The fraction of sp³-hybridized carbons (Fsp3) is 0.733. The molecule has 0 aromatic carbocycles. The molecule has 2 aliphatic heterocycles. The number of ether oxygens (including phenoxy) is 1. The van der Waals surface area contributed by atoms with Gasteiger partial charge in [0.25, 0.3) is 11.8 Å². The molecule has 126 valence electrons. The van der Waals surface area contributed by atoms with Gasteiger partial charge in [-0.05, 0) is 25.7 Å². The van der Waals surface area contributed by atoms with Crippen LogP contribution in [0.1, 0.15) is 38.5 Å². The molecule has 23 heavy (non-hydrogen) atoms. The number of rotatable bonds is 4. The summed E-state index contributed by atoms with van der Waals surface area (Å²) in [5.41, 5.74) is -0.831. The van der Waals surface area contributed by atoms with Gasteiger partial charge in [0, 0.05) is 13.1 Å². The zero-order valence-corrected chi connectivity index (χ0v) is 13.0. The van der Waals surface area contributed by atoms with Crippen LogP contribution >= 0.6 is 0 Å². The van der Waals surface area contributed by atoms with Crippen LogP contribution in [0, 0.1) is 0 Å². The quantitative estimate of drug-likeness (QED) is 0.581. The largest absolute Gasteiger partial charge is 0.454 e. The highest BCUT2D eigenvalue weighted by Gasteiger charge is 2.52. The van der Waals surface area contributed by atoms with E-state index in [4.69, 9.17) is 4.74 Å². The lowest BCUT2D eigenvalue weighted by Gasteiger charge is -2.19. The molecule has 2 heterocycles. The van der Waals surface area contributed by atoms with E-state index in [9.17, 15) is 19.2 Å². The Bertz CT molecular complexity index is 535. The normalized spacial score (nSPS) is 22.8. The standard InChI is InChI=1S/C15H21N3O5/c19-11(17-7-3-4-8-17)10-23-12(20)9-18-13(21)15(16-14(18)22)5-1-2-6-15/h1-10H2,(H,16,22). The minimum atomic E-state index is -0.831. The van der Waals surface area contributed by atoms with Crippen LogP contribution in [0.3, 0.4) is 0 Å². The summed E-state index contributed by atoms with van der Waals surface area (Å²) in [6.45, 7) is 0.588. The Kier molecular flexibility index (Phi) is 4.23. The Morgan fingerprint density at radius 3 is 2.39 bits per heavy atom. The van der Waals surface area contributed by atoms with Crippen molar-refractivity contribution in [3.05, 3.63) is 0 Å². The van der Waals surface area contributed by atoms with Crippen molar-refractivity contribution in [1.29, 1.82) is 0 Å². The van der Waals surface area contributed by atoms with E-state index in [1.165, 1.54) is 0 Å². The number of carbonyl (C=O) groups is 4. The van der Waals surface area contributed by atoms with Crippen LogP contribution in [0.4, 0.5) is 4.79 Å². The molecule has 3 aliphatic rings. The second-order valence-corrected chi connectivity index (χ2v) is 6.36. The van der Waals surface area contributed by atoms with Gasteiger partial charge in [0.05, 0.1) is 0 Å². The third-order valence-corrected chi connectivity index (χ3v) is 4.81. The van der Waals surface area contributed by atoms with Gasteiger partial charge in [-0.1, -0.05) is 12.8 Å². The Morgan fingerprint density at radius 2 is 1.74 bits per heavy atom. The number of hydrogen-bond acceptors (Lipinski definition) is 5. The molecule has 2 saturated heterocycles. The average Bonchev–Trinajstić information content (AvgIpc) is 3.24. The van der Waals surface area contributed by atoms with Crippen LogP contribution in [0.15, 0.2) is 0 Å². The summed E-state index contributed by atoms with van der Waals surface area (Å²) in [4.78, 5) is 50.5. The van der Waals surface area contributed by atoms with E-state index < -0.39 is 24.1 Å². The highest BCUT2D eigenvalue weighted by atomic mass is 16.5. The van der Waals surface area contributed by atoms with Crippen LogP contribution in [0.5, 0.6) is 0 Å². The summed E-state index contributed by atoms with van der Waals surface area (Å²) in [7, 11) is 0. The number of carbonyl (C=O) groups excluding carboxylic acids is 4. The molecule has 0 aromatic heterocycles. The summed E-state index contributed by atoms with van der Waals surface area (Å²) < 4.78 is 4.92. The molecule has 0 aromatic rings. The van der Waals surface area contributed by atoms with Crippen LogP contribution in [-0.4, -0.2) is 65.4 Å². The Balaban J connectivity index is 1.50. The summed E-state index contributed by atoms with van der Waals surface area (Å²) in [6, 6.07) is -0.556. The molecule has 1 spiro atoms. The first-order valence-corrected chi connectivity index (χ1v) is 8.09. The van der Waals surface area contributed by atoms with Crippen LogP contribution in [-0.2, 0) is 19.1 Å². The molecule has 1 saturated carbocycles. The first kappa shape index (κ1) is 15.8. The topological polar surface area (TPSA) is 96.0 Å². The molecule has 0 radical (unpaired) electrons. The van der Waals surface area contributed by atoms with Crippen molar-refractivity contribution in [3.63, 3.8) is 0 Å². The maximum absolute atomic E-state index is 12.4. The number of urea groups is 1. The lowest BCUT2D eigenvalue weighted by Crippen LogP contribution is -2.44. The molecular formula is C15H21N3O5. The smallest absolute Gasteiger partial charge is 0.326 e. The van der Waals surface area contributed by atoms with Gasteiger partial charge in [-0.3, -0.25) is 19.3 Å². The third-order valence-electron chi connectivity index (χ3n) is 4.81. The number of nitrogens with zero attached hydrogens (tertiary/aromatic N) is 2. The van der Waals surface area contributed by atoms with Crippen molar-refractivity contribution in [2.45, 2.75) is 44.1 Å². The number of esters is 1. The highest BCUT2D eigenvalue weighted by molar-refractivity contribution is 6.08. The van der Waals surface area contributed by atoms with Crippen LogP contribution < -0.4 is 5.32 Å². The summed E-state index contributed by atoms with van der Waals surface area (Å²) in [5, 5.41) is 2.70. The van der Waals surface area contributed by atoms with Crippen molar-refractivity contribution >= 4 is 23.8 Å². The fourth-order valence-electron chi connectivity index (χ4n) is 3.51. The van der Waals surface area contributed by atoms with Crippen molar-refractivity contribution in [2.75, 3.05) is 26.2 Å². The predicted octanol–water partition coefficient (Wildman–Crippen LogP) is 0.0166. The molecule has 8 heteroatoms. The molecule has 3 rings (SSSR count). The molecular weight excluding hydrogens is 302 g/mol. The number of hydrogen-bond donors (Lipinski definition) is 1. The first-order chi connectivity index (χ1) is 11.0. The van der Waals surface area contributed by atoms with Gasteiger partial charge in [0.15, 0.2) is 6.61 Å². The maximum Gasteiger partial charge on any atom is 0.326 e. The fourth-order valence-corrected chi connectivity index (χ4v) is 3.51. The average molecular weight is 323 g/mol. The zero-order chi connectivity index (χ0) is 16.4. The summed E-state index contributed by atoms with van der Waals surface area (Å²) in [6.07, 6.45) is 4.91. The molecule has 3 fully saturated rings. The molecule has 0 atom stereocenters. The van der Waals surface area contributed by atoms with Crippen molar-refractivity contribution in [1.82, 2.24) is 15.1 Å². The van der Waals surface area contributed by atoms with Gasteiger partial charge in [0.2, 0.25) is 0 Å². The zero-order valence-electron chi connectivity index (χ0n) is 13.0. The minimum absolute atomic E-state index is 0.236. The van der Waals surface area contributed by atoms with Crippen molar-refractivity contribution < 1.29 is 23.9 Å². The van der Waals surface area contributed by atoms with E-state index in [0.717, 1.165) is 30.6 Å². The SMILES string of the molecule is O=C(CN1C(=O)NC2(CCCC2)C1=O)OCC(=O)N1CCCC1. The monoisotopic (exact) mass is 323 g/mol. The van der Waals surface area contributed by atoms with Crippen molar-refractivity contribution in [3.8, 4) is 0 Å². The molecule has 0 unspecified atom stereocenters. The van der Waals surface area contributed by atoms with Gasteiger partial charge < -0.3 is 15.0 Å². The minimum Gasteiger partial charge on any atom is -0.454 e. The number of imide groups is 1. The molecule has 0 bridgehead atoms. The Hall–Kier alpha value is -2.12. The maximum atomic E-state index is 12.4. The van der Waals surface area contributed by atoms with E-state index in [0.29, 0.717) is 25.9 Å². The lowest BCUT2D eigenvalue weighted by atomic mass is 9.98. The molecule has 4 amide bonds. The molecule has 1 N–H and O–H groups in total. The third kappa shape index (κ3) is 3.02. The van der Waals surface area contributed by atoms with Crippen molar-refractivity contribution in [2.24, 2.45) is 0 Å². The second-order valence-electron chi connectivity index (χ2n) is 6.36. The Morgan fingerprint density at radius 1 is 1.09 bits per heavy atom. The van der Waals surface area contributed by atoms with E-state index in [-0.39, 0.29) is 18.4 Å².